The van der Waals surface area contributed by atoms with Gasteiger partial charge in [-0.05, 0) is 26.4 Å². The molecule has 0 aromatic heterocycles. The van der Waals surface area contributed by atoms with Crippen LogP contribution in [0.1, 0.15) is 20.8 Å². The lowest BCUT2D eigenvalue weighted by Crippen LogP contribution is -2.54. The van der Waals surface area contributed by atoms with Crippen LogP contribution in [0.5, 0.6) is 0 Å². The van der Waals surface area contributed by atoms with Crippen LogP contribution in [0.2, 0.25) is 32.2 Å². The van der Waals surface area contributed by atoms with E-state index in [1.807, 2.05) is 6.92 Å². The largest absolute Gasteiger partial charge is 0.395 e. The molecule has 0 aromatic carbocycles. The van der Waals surface area contributed by atoms with E-state index in [9.17, 15) is 0 Å². The van der Waals surface area contributed by atoms with Gasteiger partial charge in [-0.15, -0.1) is 9.24 Å². The first kappa shape index (κ1) is 15.8. The van der Waals surface area contributed by atoms with Crippen LogP contribution in [0, 0.1) is 0 Å². The SMILES string of the molecule is CCO[Si](C)(CC)OC(C)(P)[Si](C)(C)C. The minimum atomic E-state index is -1.95. The number of hydrogen-bond acceptors (Lipinski definition) is 2. The molecule has 15 heavy (non-hydrogen) atoms. The van der Waals surface area contributed by atoms with Crippen molar-refractivity contribution >= 4 is 25.9 Å². The Hall–Kier alpha value is 0.784. The van der Waals surface area contributed by atoms with E-state index in [1.165, 1.54) is 0 Å². The van der Waals surface area contributed by atoms with E-state index >= 15 is 0 Å². The van der Waals surface area contributed by atoms with Crippen molar-refractivity contribution in [2.75, 3.05) is 6.61 Å². The van der Waals surface area contributed by atoms with E-state index in [-0.39, 0.29) is 4.97 Å². The molecule has 0 aliphatic heterocycles. The van der Waals surface area contributed by atoms with Crippen molar-refractivity contribution in [2.45, 2.75) is 58.0 Å². The topological polar surface area (TPSA) is 18.5 Å². The van der Waals surface area contributed by atoms with Gasteiger partial charge in [0.25, 0.3) is 0 Å². The monoisotopic (exact) mass is 266 g/mol. The van der Waals surface area contributed by atoms with Gasteiger partial charge in [0, 0.05) is 6.61 Å². The smallest absolute Gasteiger partial charge is 0.335 e. The first-order valence-corrected chi connectivity index (χ1v) is 12.3. The van der Waals surface area contributed by atoms with Crippen LogP contribution in [-0.4, -0.2) is 28.2 Å². The highest BCUT2D eigenvalue weighted by Crippen LogP contribution is 2.35. The van der Waals surface area contributed by atoms with Gasteiger partial charge in [-0.25, -0.2) is 0 Å². The summed E-state index contributed by atoms with van der Waals surface area (Å²) >= 11 is 0. The second kappa shape index (κ2) is 5.41. The molecule has 0 aliphatic rings. The van der Waals surface area contributed by atoms with Crippen LogP contribution in [-0.2, 0) is 8.85 Å². The second-order valence-corrected chi connectivity index (χ2v) is 16.0. The van der Waals surface area contributed by atoms with Gasteiger partial charge in [-0.1, -0.05) is 26.6 Å². The van der Waals surface area contributed by atoms with E-state index in [0.29, 0.717) is 0 Å². The lowest BCUT2D eigenvalue weighted by Gasteiger charge is -2.43. The molecule has 0 N–H and O–H groups in total. The van der Waals surface area contributed by atoms with Crippen molar-refractivity contribution in [2.24, 2.45) is 0 Å². The molecule has 0 aromatic rings. The van der Waals surface area contributed by atoms with Gasteiger partial charge < -0.3 is 8.85 Å². The zero-order valence-electron chi connectivity index (χ0n) is 11.3. The van der Waals surface area contributed by atoms with Gasteiger partial charge in [0.2, 0.25) is 0 Å². The third-order valence-corrected chi connectivity index (χ3v) is 12.3. The molecule has 5 heteroatoms. The Balaban J connectivity index is 4.68. The predicted octanol–water partition coefficient (Wildman–Crippen LogP) is 3.60. The van der Waals surface area contributed by atoms with Crippen molar-refractivity contribution < 1.29 is 8.85 Å². The molecule has 0 bridgehead atoms. The van der Waals surface area contributed by atoms with Crippen LogP contribution >= 0.6 is 9.24 Å². The Labute approximate surface area is 99.6 Å². The molecule has 2 nitrogen and oxygen atoms in total. The Bertz CT molecular complexity index is 204. The predicted molar refractivity (Wildman–Crippen MR) is 76.3 cm³/mol. The quantitative estimate of drug-likeness (QED) is 0.540. The summed E-state index contributed by atoms with van der Waals surface area (Å²) in [5.41, 5.74) is 0. The summed E-state index contributed by atoms with van der Waals surface area (Å²) < 4.78 is 12.2. The summed E-state index contributed by atoms with van der Waals surface area (Å²) in [6.07, 6.45) is 0. The molecule has 0 fully saturated rings. The molecule has 3 atom stereocenters. The van der Waals surface area contributed by atoms with Gasteiger partial charge in [0.05, 0.1) is 13.0 Å². The normalized spacial score (nSPS) is 20.8. The van der Waals surface area contributed by atoms with Crippen LogP contribution < -0.4 is 0 Å². The highest BCUT2D eigenvalue weighted by atomic mass is 31.0. The van der Waals surface area contributed by atoms with Crippen LogP contribution in [0.3, 0.4) is 0 Å². The van der Waals surface area contributed by atoms with Gasteiger partial charge in [-0.3, -0.25) is 0 Å². The van der Waals surface area contributed by atoms with Gasteiger partial charge in [0.1, 0.15) is 0 Å². The molecule has 92 valence electrons. The minimum Gasteiger partial charge on any atom is -0.395 e. The zero-order valence-corrected chi connectivity index (χ0v) is 14.5. The van der Waals surface area contributed by atoms with E-state index in [2.05, 4.69) is 49.3 Å². The molecule has 0 saturated carbocycles. The van der Waals surface area contributed by atoms with Crippen LogP contribution in [0.15, 0.2) is 0 Å². The van der Waals surface area contributed by atoms with Crippen molar-refractivity contribution in [3.8, 4) is 0 Å². The van der Waals surface area contributed by atoms with E-state index in [0.717, 1.165) is 12.7 Å². The standard InChI is InChI=1S/C10H27O2PSi2/c1-8-11-15(7,9-2)12-10(3,13)14(4,5)6/h8-9,13H2,1-7H3. The maximum absolute atomic E-state index is 6.32. The van der Waals surface area contributed by atoms with Crippen molar-refractivity contribution in [1.29, 1.82) is 0 Å². The fraction of sp³-hybridized carbons (Fsp3) is 1.00. The first-order chi connectivity index (χ1) is 6.58. The van der Waals surface area contributed by atoms with E-state index < -0.39 is 16.6 Å². The summed E-state index contributed by atoms with van der Waals surface area (Å²) in [7, 11) is -0.401. The van der Waals surface area contributed by atoms with Crippen molar-refractivity contribution in [1.82, 2.24) is 0 Å². The molecule has 0 rings (SSSR count). The molecule has 0 saturated heterocycles. The fourth-order valence-electron chi connectivity index (χ4n) is 1.11. The van der Waals surface area contributed by atoms with E-state index in [1.54, 1.807) is 0 Å². The Morgan fingerprint density at radius 1 is 1.13 bits per heavy atom. The Morgan fingerprint density at radius 3 is 1.87 bits per heavy atom. The van der Waals surface area contributed by atoms with Crippen LogP contribution in [0.25, 0.3) is 0 Å². The molecule has 3 unspecified atom stereocenters. The molecule has 0 radical (unpaired) electrons. The lowest BCUT2D eigenvalue weighted by molar-refractivity contribution is 0.149. The van der Waals surface area contributed by atoms with Crippen molar-refractivity contribution in [3.63, 3.8) is 0 Å². The van der Waals surface area contributed by atoms with Gasteiger partial charge in [-0.2, -0.15) is 0 Å². The second-order valence-electron chi connectivity index (χ2n) is 5.38. The molecule has 0 amide bonds. The summed E-state index contributed by atoms with van der Waals surface area (Å²) in [6, 6.07) is 1.01. The average Bonchev–Trinajstić information content (AvgIpc) is 2.01. The third kappa shape index (κ3) is 4.65. The lowest BCUT2D eigenvalue weighted by atomic mass is 10.8. The minimum absolute atomic E-state index is 0.0842. The Morgan fingerprint density at radius 2 is 1.60 bits per heavy atom. The first-order valence-electron chi connectivity index (χ1n) is 5.71. The van der Waals surface area contributed by atoms with Crippen LogP contribution in [0.4, 0.5) is 0 Å². The summed E-state index contributed by atoms with van der Waals surface area (Å²) in [5.74, 6) is 0. The molecule has 0 heterocycles. The number of rotatable bonds is 6. The summed E-state index contributed by atoms with van der Waals surface area (Å²) in [6.45, 7) is 16.3. The highest BCUT2D eigenvalue weighted by molar-refractivity contribution is 7.26. The average molecular weight is 266 g/mol. The van der Waals surface area contributed by atoms with Gasteiger partial charge in [0.15, 0.2) is 0 Å². The Kier molecular flexibility index (Phi) is 5.69. The maximum Gasteiger partial charge on any atom is 0.335 e. The van der Waals surface area contributed by atoms with E-state index in [4.69, 9.17) is 8.85 Å². The molecular weight excluding hydrogens is 239 g/mol. The van der Waals surface area contributed by atoms with Gasteiger partial charge >= 0.3 is 8.56 Å². The molecule has 0 aliphatic carbocycles. The summed E-state index contributed by atoms with van der Waals surface area (Å²) in [4.78, 5) is -0.0842. The highest BCUT2D eigenvalue weighted by Gasteiger charge is 2.43. The third-order valence-electron chi connectivity index (χ3n) is 3.01. The molecule has 0 spiro atoms. The maximum atomic E-state index is 6.32. The van der Waals surface area contributed by atoms with Crippen molar-refractivity contribution in [3.05, 3.63) is 0 Å². The zero-order chi connectivity index (χ0) is 12.3. The fourth-order valence-corrected chi connectivity index (χ4v) is 5.65. The summed E-state index contributed by atoms with van der Waals surface area (Å²) in [5, 5.41) is 0. The number of hydrogen-bond donors (Lipinski definition) is 0. The molecular formula is C10H27O2PSi2.